The highest BCUT2D eigenvalue weighted by molar-refractivity contribution is 6.12. The molecule has 388 valence electrons. The number of imidazole rings is 1. The normalized spacial score (nSPS) is 13.8. The van der Waals surface area contributed by atoms with Crippen LogP contribution in [0.2, 0.25) is 0 Å². The summed E-state index contributed by atoms with van der Waals surface area (Å²) in [5.74, 6) is 1.88. The molecule has 5 heterocycles. The van der Waals surface area contributed by atoms with E-state index in [1.54, 1.807) is 6.07 Å². The molecule has 0 amide bonds. The molecule has 0 bridgehead atoms. The van der Waals surface area contributed by atoms with Crippen LogP contribution < -0.4 is 9.30 Å². The van der Waals surface area contributed by atoms with Gasteiger partial charge in [0.05, 0.1) is 63.9 Å². The second kappa shape index (κ2) is 18.5. The molecular weight excluding hydrogens is 999 g/mol. The lowest BCUT2D eigenvalue weighted by Gasteiger charge is -2.21. The van der Waals surface area contributed by atoms with Crippen molar-refractivity contribution in [3.63, 3.8) is 0 Å². The predicted octanol–water partition coefficient (Wildman–Crippen LogP) is 19.0. The SMILES string of the molecule is [2H]c1c([2H])c([2H])c(-c2cc3c4c(c2)n(-c2cccc(Oc5ccc6c7ccccc7n(-c7cc(C(C)(C)C)ccn7)c6c5)c2)[c-][n+]4-c2c(cccc2-n2c4ccccc4c4ccccc42)-c2cccc(-c4c([2H])c([2H])c([2H])c([2H])c4[2H])c2-c2ccccc2-3)c([2H])c1[2H]. The first-order chi connectivity index (χ1) is 44.5. The van der Waals surface area contributed by atoms with Gasteiger partial charge in [0.25, 0.3) is 6.33 Å². The molecule has 0 saturated heterocycles. The number of ether oxygens (including phenoxy) is 1. The van der Waals surface area contributed by atoms with Crippen LogP contribution in [0.1, 0.15) is 40.0 Å². The Hall–Kier alpha value is -10.6. The van der Waals surface area contributed by atoms with E-state index in [4.69, 9.17) is 17.9 Å². The fraction of sp³-hybridized carbons (Fsp3) is 0.0526. The molecule has 0 N–H and O–H groups in total. The standard InChI is InChI=1S/C76H53N5O/c1-76(2,3)52-41-42-77-72(45-52)81-68-37-17-14-30-60(68)61-40-39-55(47-70(61)81)82-54-26-18-25-53(46-54)78-48-79-74-64(34-20-38-69(74)80-66-35-15-12-28-58(66)59-29-13-16-36-67(59)80)63-33-19-32-56(50-23-8-5-9-24-50)73(63)62-31-11-10-27-57(62)65-43-51(44-71(78)75(65)79)49-21-6-4-7-22-49/h4-47H,1-3H3/i4D,5D,6D,7D,8D,9D,21D,22D,23D,24D. The Labute approximate surface area is 489 Å². The molecule has 0 unspecified atom stereocenters. The van der Waals surface area contributed by atoms with E-state index in [0.29, 0.717) is 72.9 Å². The monoisotopic (exact) mass is 1060 g/mol. The first-order valence-electron chi connectivity index (χ1n) is 32.3. The van der Waals surface area contributed by atoms with Gasteiger partial charge in [-0.25, -0.2) is 4.98 Å². The third-order valence-corrected chi connectivity index (χ3v) is 16.0. The van der Waals surface area contributed by atoms with Gasteiger partial charge in [0, 0.05) is 33.8 Å². The fourth-order valence-corrected chi connectivity index (χ4v) is 12.4. The molecule has 6 nitrogen and oxygen atoms in total. The smallest absolute Gasteiger partial charge is 0.269 e. The summed E-state index contributed by atoms with van der Waals surface area (Å²) >= 11 is 0. The minimum absolute atomic E-state index is 0.0115. The molecule has 0 radical (unpaired) electrons. The first kappa shape index (κ1) is 38.1. The molecule has 11 aromatic carbocycles. The van der Waals surface area contributed by atoms with Crippen LogP contribution in [0.25, 0.3) is 133 Å². The van der Waals surface area contributed by atoms with Gasteiger partial charge in [-0.1, -0.05) is 203 Å². The van der Waals surface area contributed by atoms with Crippen LogP contribution >= 0.6 is 0 Å². The molecule has 0 aliphatic carbocycles. The van der Waals surface area contributed by atoms with Crippen LogP contribution in [-0.4, -0.2) is 18.7 Å². The fourth-order valence-electron chi connectivity index (χ4n) is 12.4. The first-order valence-corrected chi connectivity index (χ1v) is 27.3. The Kier molecular flexibility index (Phi) is 8.61. The minimum atomic E-state index is -0.523. The molecule has 0 saturated carbocycles. The van der Waals surface area contributed by atoms with Crippen molar-refractivity contribution in [1.82, 2.24) is 18.7 Å². The summed E-state index contributed by atoms with van der Waals surface area (Å²) < 4.78 is 106. The van der Waals surface area contributed by atoms with Crippen LogP contribution in [0.3, 0.4) is 0 Å². The van der Waals surface area contributed by atoms with Crippen molar-refractivity contribution in [1.29, 1.82) is 0 Å². The second-order valence-electron chi connectivity index (χ2n) is 21.8. The molecule has 16 rings (SSSR count). The van der Waals surface area contributed by atoms with Crippen molar-refractivity contribution in [3.05, 3.63) is 279 Å². The topological polar surface area (TPSA) is 40.8 Å². The summed E-state index contributed by atoms with van der Waals surface area (Å²) in [4.78, 5) is 4.91. The lowest BCUT2D eigenvalue weighted by Crippen LogP contribution is -2.32. The lowest BCUT2D eigenvalue weighted by atomic mass is 9.84. The van der Waals surface area contributed by atoms with Crippen LogP contribution in [0, 0.1) is 6.33 Å². The van der Waals surface area contributed by atoms with Crippen molar-refractivity contribution in [2.75, 3.05) is 0 Å². The highest BCUT2D eigenvalue weighted by atomic mass is 16.5. The van der Waals surface area contributed by atoms with Crippen molar-refractivity contribution in [2.45, 2.75) is 26.2 Å². The molecule has 0 fully saturated rings. The zero-order chi connectivity index (χ0) is 63.3. The number of aromatic nitrogens is 5. The van der Waals surface area contributed by atoms with Gasteiger partial charge in [0.2, 0.25) is 0 Å². The van der Waals surface area contributed by atoms with E-state index >= 15 is 0 Å². The summed E-state index contributed by atoms with van der Waals surface area (Å²) in [5, 5.41) is 4.18. The summed E-state index contributed by atoms with van der Waals surface area (Å²) in [5.41, 5.74) is 12.7. The number of pyridine rings is 1. The molecular formula is C76H53N5O. The highest BCUT2D eigenvalue weighted by Gasteiger charge is 2.30. The molecule has 4 aromatic heterocycles. The van der Waals surface area contributed by atoms with Crippen LogP contribution in [0.15, 0.2) is 267 Å². The number of benzene rings is 11. The summed E-state index contributed by atoms with van der Waals surface area (Å²) in [7, 11) is 0. The van der Waals surface area contributed by atoms with Gasteiger partial charge in [-0.3, -0.25) is 13.7 Å². The lowest BCUT2D eigenvalue weighted by molar-refractivity contribution is -0.571. The van der Waals surface area contributed by atoms with Crippen molar-refractivity contribution in [2.24, 2.45) is 0 Å². The van der Waals surface area contributed by atoms with Gasteiger partial charge in [0.1, 0.15) is 17.3 Å². The Morgan fingerprint density at radius 3 is 1.78 bits per heavy atom. The zero-order valence-electron chi connectivity index (χ0n) is 54.8. The Balaban J connectivity index is 1.00. The largest absolute Gasteiger partial charge is 0.458 e. The Morgan fingerprint density at radius 2 is 1.05 bits per heavy atom. The van der Waals surface area contributed by atoms with Crippen molar-refractivity contribution in [3.8, 4) is 90.0 Å². The van der Waals surface area contributed by atoms with E-state index in [9.17, 15) is 5.48 Å². The molecule has 1 aliphatic rings. The van der Waals surface area contributed by atoms with E-state index in [-0.39, 0.29) is 40.7 Å². The van der Waals surface area contributed by atoms with Gasteiger partial charge in [-0.05, 0) is 139 Å². The predicted molar refractivity (Wildman–Crippen MR) is 336 cm³/mol. The minimum Gasteiger partial charge on any atom is -0.458 e. The van der Waals surface area contributed by atoms with Crippen LogP contribution in [0.5, 0.6) is 11.5 Å². The number of nitrogens with zero attached hydrogens (tertiary/aromatic N) is 5. The van der Waals surface area contributed by atoms with E-state index in [1.165, 1.54) is 0 Å². The number of hydrogen-bond donors (Lipinski definition) is 0. The van der Waals surface area contributed by atoms with Gasteiger partial charge in [-0.2, -0.15) is 0 Å². The van der Waals surface area contributed by atoms with Gasteiger partial charge >= 0.3 is 0 Å². The summed E-state index contributed by atoms with van der Waals surface area (Å²) in [6.45, 7) is 6.57. The highest BCUT2D eigenvalue weighted by Crippen LogP contribution is 2.49. The van der Waals surface area contributed by atoms with E-state index in [0.717, 1.165) is 66.2 Å². The summed E-state index contributed by atoms with van der Waals surface area (Å²) in [6.07, 6.45) is 5.74. The molecule has 6 heteroatoms. The average Bonchev–Trinajstić information content (AvgIpc) is 1.50. The van der Waals surface area contributed by atoms with Crippen molar-refractivity contribution < 1.29 is 23.0 Å². The quantitative estimate of drug-likeness (QED) is 0.118. The average molecular weight is 1060 g/mol. The maximum Gasteiger partial charge on any atom is 0.269 e. The van der Waals surface area contributed by atoms with Gasteiger partial charge < -0.3 is 9.30 Å². The number of fused-ring (bicyclic) bond motifs is 13. The molecule has 15 aromatic rings. The van der Waals surface area contributed by atoms with Gasteiger partial charge in [-0.15, -0.1) is 0 Å². The van der Waals surface area contributed by atoms with Crippen LogP contribution in [0.4, 0.5) is 0 Å². The third kappa shape index (κ3) is 7.49. The van der Waals surface area contributed by atoms with Gasteiger partial charge in [0.15, 0.2) is 0 Å². The number of para-hydroxylation sites is 4. The van der Waals surface area contributed by atoms with E-state index < -0.39 is 36.3 Å². The second-order valence-corrected chi connectivity index (χ2v) is 21.8. The number of hydrogen-bond acceptors (Lipinski definition) is 2. The third-order valence-electron chi connectivity index (χ3n) is 16.0. The van der Waals surface area contributed by atoms with E-state index in [2.05, 4.69) is 101 Å². The molecule has 0 atom stereocenters. The summed E-state index contributed by atoms with van der Waals surface area (Å²) in [6, 6.07) is 61.7. The zero-order valence-corrected chi connectivity index (χ0v) is 44.8. The Morgan fingerprint density at radius 1 is 0.451 bits per heavy atom. The Bertz CT molecular complexity index is 5590. The molecule has 0 spiro atoms. The maximum absolute atomic E-state index is 9.47. The molecule has 82 heavy (non-hydrogen) atoms. The van der Waals surface area contributed by atoms with Crippen LogP contribution in [-0.2, 0) is 5.41 Å². The molecule has 1 aliphatic heterocycles. The van der Waals surface area contributed by atoms with E-state index in [1.807, 2.05) is 144 Å². The van der Waals surface area contributed by atoms with Crippen molar-refractivity contribution >= 4 is 54.6 Å². The maximum atomic E-state index is 9.47. The number of rotatable bonds is 7.